The molecule has 0 saturated carbocycles. The minimum absolute atomic E-state index is 1.15. The van der Waals surface area contributed by atoms with Crippen molar-refractivity contribution in [3.8, 4) is 0 Å². The van der Waals surface area contributed by atoms with Gasteiger partial charge in [-0.1, -0.05) is 18.9 Å². The lowest BCUT2D eigenvalue weighted by Gasteiger charge is -2.00. The Hall–Kier alpha value is -0.460. The number of rotatable bonds is 3. The van der Waals surface area contributed by atoms with E-state index in [-0.39, 0.29) is 0 Å². The molecule has 1 aliphatic carbocycles. The van der Waals surface area contributed by atoms with Gasteiger partial charge in [-0.2, -0.15) is 0 Å². The molecule has 0 heterocycles. The van der Waals surface area contributed by atoms with Gasteiger partial charge >= 0.3 is 0 Å². The van der Waals surface area contributed by atoms with E-state index in [1.54, 1.807) is 5.57 Å². The molecule has 1 nitrogen and oxygen atoms in total. The molecule has 2 N–H and O–H groups in total. The van der Waals surface area contributed by atoms with E-state index in [2.05, 4.69) is 6.92 Å². The number of hydrogen-bond donors (Lipinski definition) is 1. The maximum absolute atomic E-state index is 5.80. The van der Waals surface area contributed by atoms with Crippen molar-refractivity contribution in [1.29, 1.82) is 0 Å². The van der Waals surface area contributed by atoms with E-state index in [0.29, 0.717) is 0 Å². The fourth-order valence-corrected chi connectivity index (χ4v) is 1.51. The Morgan fingerprint density at radius 1 is 1.40 bits per heavy atom. The highest BCUT2D eigenvalue weighted by molar-refractivity contribution is 5.15. The lowest BCUT2D eigenvalue weighted by molar-refractivity contribution is 0.759. The van der Waals surface area contributed by atoms with Crippen LogP contribution in [0.3, 0.4) is 0 Å². The molecule has 10 heavy (non-hydrogen) atoms. The summed E-state index contributed by atoms with van der Waals surface area (Å²) in [5, 5.41) is 0. The second-order valence-corrected chi connectivity index (χ2v) is 3.09. The van der Waals surface area contributed by atoms with E-state index in [0.717, 1.165) is 6.42 Å². The van der Waals surface area contributed by atoms with Gasteiger partial charge in [0, 0.05) is 5.70 Å². The van der Waals surface area contributed by atoms with Crippen LogP contribution in [-0.4, -0.2) is 0 Å². The summed E-state index contributed by atoms with van der Waals surface area (Å²) in [5.41, 5.74) is 8.53. The van der Waals surface area contributed by atoms with Crippen LogP contribution in [0.15, 0.2) is 11.3 Å². The van der Waals surface area contributed by atoms with Crippen LogP contribution in [0.2, 0.25) is 0 Å². The Balaban J connectivity index is 2.31. The third-order valence-corrected chi connectivity index (χ3v) is 2.21. The standard InChI is InChI=1S/C9H17N/c1-2-3-5-8-6-4-7-9(8)10/h2-7,10H2,1H3. The van der Waals surface area contributed by atoms with E-state index < -0.39 is 0 Å². The first-order valence-corrected chi connectivity index (χ1v) is 4.31. The monoisotopic (exact) mass is 139 g/mol. The molecule has 0 aromatic rings. The van der Waals surface area contributed by atoms with E-state index in [1.165, 1.54) is 37.8 Å². The minimum Gasteiger partial charge on any atom is -0.402 e. The number of allylic oxidation sites excluding steroid dienone is 2. The lowest BCUT2D eigenvalue weighted by atomic mass is 10.1. The molecule has 1 heteroatoms. The third kappa shape index (κ3) is 1.76. The van der Waals surface area contributed by atoms with Gasteiger partial charge in [-0.3, -0.25) is 0 Å². The zero-order chi connectivity index (χ0) is 7.40. The first-order chi connectivity index (χ1) is 4.84. The molecule has 0 aromatic carbocycles. The molecule has 0 bridgehead atoms. The normalized spacial score (nSPS) is 18.5. The fourth-order valence-electron chi connectivity index (χ4n) is 1.51. The summed E-state index contributed by atoms with van der Waals surface area (Å²) in [6, 6.07) is 0. The third-order valence-electron chi connectivity index (χ3n) is 2.21. The SMILES string of the molecule is CCCCC1=C(N)CCC1. The molecular formula is C9H17N. The van der Waals surface area contributed by atoms with Crippen molar-refractivity contribution in [3.63, 3.8) is 0 Å². The van der Waals surface area contributed by atoms with Crippen molar-refractivity contribution in [2.75, 3.05) is 0 Å². The van der Waals surface area contributed by atoms with Crippen molar-refractivity contribution in [2.45, 2.75) is 45.4 Å². The van der Waals surface area contributed by atoms with Crippen LogP contribution in [0.1, 0.15) is 45.4 Å². The Morgan fingerprint density at radius 2 is 2.20 bits per heavy atom. The molecular weight excluding hydrogens is 122 g/mol. The van der Waals surface area contributed by atoms with Crippen molar-refractivity contribution in [1.82, 2.24) is 0 Å². The lowest BCUT2D eigenvalue weighted by Crippen LogP contribution is -1.95. The molecule has 0 fully saturated rings. The molecule has 0 unspecified atom stereocenters. The maximum Gasteiger partial charge on any atom is 0.00724 e. The van der Waals surface area contributed by atoms with Gasteiger partial charge < -0.3 is 5.73 Å². The summed E-state index contributed by atoms with van der Waals surface area (Å²) in [4.78, 5) is 0. The van der Waals surface area contributed by atoms with Crippen LogP contribution >= 0.6 is 0 Å². The molecule has 1 aliphatic rings. The maximum atomic E-state index is 5.80. The Bertz CT molecular complexity index is 136. The Kier molecular flexibility index (Phi) is 2.79. The average molecular weight is 139 g/mol. The van der Waals surface area contributed by atoms with E-state index in [1.807, 2.05) is 0 Å². The molecule has 1 rings (SSSR count). The highest BCUT2D eigenvalue weighted by Gasteiger charge is 2.09. The van der Waals surface area contributed by atoms with Crippen LogP contribution in [-0.2, 0) is 0 Å². The fraction of sp³-hybridized carbons (Fsp3) is 0.778. The molecule has 0 aromatic heterocycles. The van der Waals surface area contributed by atoms with Gasteiger partial charge in [0.05, 0.1) is 0 Å². The largest absolute Gasteiger partial charge is 0.402 e. The van der Waals surface area contributed by atoms with Gasteiger partial charge in [-0.15, -0.1) is 0 Å². The van der Waals surface area contributed by atoms with Crippen LogP contribution in [0.25, 0.3) is 0 Å². The Labute approximate surface area is 63.3 Å². The van der Waals surface area contributed by atoms with E-state index in [4.69, 9.17) is 5.73 Å². The quantitative estimate of drug-likeness (QED) is 0.639. The van der Waals surface area contributed by atoms with Gasteiger partial charge in [-0.05, 0) is 32.1 Å². The van der Waals surface area contributed by atoms with Gasteiger partial charge in [0.2, 0.25) is 0 Å². The smallest absolute Gasteiger partial charge is 0.00724 e. The highest BCUT2D eigenvalue weighted by atomic mass is 14.6. The summed E-state index contributed by atoms with van der Waals surface area (Å²) in [7, 11) is 0. The van der Waals surface area contributed by atoms with Crippen molar-refractivity contribution >= 4 is 0 Å². The summed E-state index contributed by atoms with van der Waals surface area (Å²) >= 11 is 0. The average Bonchev–Trinajstić information content (AvgIpc) is 2.31. The van der Waals surface area contributed by atoms with Gasteiger partial charge in [-0.25, -0.2) is 0 Å². The van der Waals surface area contributed by atoms with Crippen LogP contribution in [0.5, 0.6) is 0 Å². The Morgan fingerprint density at radius 3 is 2.70 bits per heavy atom. The first kappa shape index (κ1) is 7.64. The minimum atomic E-state index is 1.15. The predicted octanol–water partition coefficient (Wildman–Crippen LogP) is 2.57. The summed E-state index contributed by atoms with van der Waals surface area (Å²) < 4.78 is 0. The topological polar surface area (TPSA) is 26.0 Å². The van der Waals surface area contributed by atoms with Crippen molar-refractivity contribution < 1.29 is 0 Å². The van der Waals surface area contributed by atoms with Gasteiger partial charge in [0.25, 0.3) is 0 Å². The zero-order valence-corrected chi connectivity index (χ0v) is 6.82. The van der Waals surface area contributed by atoms with Crippen molar-refractivity contribution in [2.24, 2.45) is 5.73 Å². The number of hydrogen-bond acceptors (Lipinski definition) is 1. The highest BCUT2D eigenvalue weighted by Crippen LogP contribution is 2.25. The number of unbranched alkanes of at least 4 members (excludes halogenated alkanes) is 1. The summed E-state index contributed by atoms with van der Waals surface area (Å²) in [6.45, 7) is 2.23. The van der Waals surface area contributed by atoms with Gasteiger partial charge in [0.1, 0.15) is 0 Å². The van der Waals surface area contributed by atoms with Crippen LogP contribution < -0.4 is 5.73 Å². The molecule has 0 atom stereocenters. The van der Waals surface area contributed by atoms with E-state index >= 15 is 0 Å². The molecule has 0 radical (unpaired) electrons. The summed E-state index contributed by atoms with van der Waals surface area (Å²) in [5.74, 6) is 0. The molecule has 0 spiro atoms. The van der Waals surface area contributed by atoms with Gasteiger partial charge in [0.15, 0.2) is 0 Å². The molecule has 58 valence electrons. The second-order valence-electron chi connectivity index (χ2n) is 3.09. The molecule has 0 saturated heterocycles. The molecule has 0 amide bonds. The number of nitrogens with two attached hydrogens (primary N) is 1. The van der Waals surface area contributed by atoms with Crippen LogP contribution in [0, 0.1) is 0 Å². The zero-order valence-electron chi connectivity index (χ0n) is 6.82. The van der Waals surface area contributed by atoms with Crippen LogP contribution in [0.4, 0.5) is 0 Å². The summed E-state index contributed by atoms with van der Waals surface area (Å²) in [6.07, 6.45) is 7.57. The van der Waals surface area contributed by atoms with Crippen molar-refractivity contribution in [3.05, 3.63) is 11.3 Å². The molecule has 0 aliphatic heterocycles. The first-order valence-electron chi connectivity index (χ1n) is 4.31. The predicted molar refractivity (Wildman–Crippen MR) is 44.6 cm³/mol. The second kappa shape index (κ2) is 3.65. The van der Waals surface area contributed by atoms with E-state index in [9.17, 15) is 0 Å².